The maximum atomic E-state index is 11.8. The molecular formula is C16H29NO4. The van der Waals surface area contributed by atoms with Crippen molar-refractivity contribution in [3.05, 3.63) is 0 Å². The van der Waals surface area contributed by atoms with Crippen LogP contribution in [0.1, 0.15) is 51.9 Å². The second-order valence-electron chi connectivity index (χ2n) is 6.43. The SMILES string of the molecule is CCCNC(COC1CCCC(OC)C1)(C(=O)O)C1CC1. The van der Waals surface area contributed by atoms with E-state index in [4.69, 9.17) is 9.47 Å². The number of hydrogen-bond acceptors (Lipinski definition) is 4. The second-order valence-corrected chi connectivity index (χ2v) is 6.43. The summed E-state index contributed by atoms with van der Waals surface area (Å²) in [5.41, 5.74) is -0.893. The van der Waals surface area contributed by atoms with Crippen molar-refractivity contribution >= 4 is 5.97 Å². The normalized spacial score (nSPS) is 29.0. The number of carboxylic acids is 1. The standard InChI is InChI=1S/C16H29NO4/c1-3-9-17-16(15(18)19,12-7-8-12)11-21-14-6-4-5-13(10-14)20-2/h12-14,17H,3-11H2,1-2H3,(H,18,19). The first-order valence-corrected chi connectivity index (χ1v) is 8.25. The van der Waals surface area contributed by atoms with Crippen molar-refractivity contribution < 1.29 is 19.4 Å². The second kappa shape index (κ2) is 7.56. The summed E-state index contributed by atoms with van der Waals surface area (Å²) < 4.78 is 11.4. The molecule has 0 aliphatic heterocycles. The van der Waals surface area contributed by atoms with Crippen molar-refractivity contribution in [3.8, 4) is 0 Å². The van der Waals surface area contributed by atoms with E-state index in [1.165, 1.54) is 0 Å². The maximum absolute atomic E-state index is 11.8. The quantitative estimate of drug-likeness (QED) is 0.683. The molecule has 3 unspecified atom stereocenters. The highest BCUT2D eigenvalue weighted by atomic mass is 16.5. The molecule has 2 aliphatic rings. The van der Waals surface area contributed by atoms with Gasteiger partial charge in [-0.1, -0.05) is 6.92 Å². The van der Waals surface area contributed by atoms with Crippen LogP contribution in [0.4, 0.5) is 0 Å². The van der Waals surface area contributed by atoms with Crippen LogP contribution in [-0.2, 0) is 14.3 Å². The van der Waals surface area contributed by atoms with Crippen molar-refractivity contribution in [1.82, 2.24) is 5.32 Å². The van der Waals surface area contributed by atoms with E-state index in [9.17, 15) is 9.90 Å². The summed E-state index contributed by atoms with van der Waals surface area (Å²) in [7, 11) is 1.74. The molecule has 0 spiro atoms. The lowest BCUT2D eigenvalue weighted by Crippen LogP contribution is -2.58. The minimum absolute atomic E-state index is 0.129. The molecule has 122 valence electrons. The minimum atomic E-state index is -0.893. The summed E-state index contributed by atoms with van der Waals surface area (Å²) in [6.07, 6.45) is 7.34. The molecule has 0 bridgehead atoms. The summed E-state index contributed by atoms with van der Waals surface area (Å²) in [5.74, 6) is -0.555. The van der Waals surface area contributed by atoms with Crippen LogP contribution < -0.4 is 5.32 Å². The molecule has 3 atom stereocenters. The van der Waals surface area contributed by atoms with Crippen molar-refractivity contribution in [1.29, 1.82) is 0 Å². The van der Waals surface area contributed by atoms with Crippen LogP contribution in [0.15, 0.2) is 0 Å². The van der Waals surface area contributed by atoms with E-state index in [-0.39, 0.29) is 24.7 Å². The molecular weight excluding hydrogens is 270 g/mol. The Morgan fingerprint density at radius 2 is 2.00 bits per heavy atom. The van der Waals surface area contributed by atoms with Crippen LogP contribution in [0.25, 0.3) is 0 Å². The maximum Gasteiger partial charge on any atom is 0.326 e. The Bertz CT molecular complexity index is 345. The summed E-state index contributed by atoms with van der Waals surface area (Å²) in [5, 5.41) is 13.0. The fraction of sp³-hybridized carbons (Fsp3) is 0.938. The molecule has 0 amide bonds. The average Bonchev–Trinajstić information content (AvgIpc) is 3.32. The number of hydrogen-bond donors (Lipinski definition) is 2. The predicted octanol–water partition coefficient (Wildman–Crippen LogP) is 2.19. The first kappa shape index (κ1) is 16.7. The van der Waals surface area contributed by atoms with E-state index in [1.54, 1.807) is 7.11 Å². The van der Waals surface area contributed by atoms with Gasteiger partial charge >= 0.3 is 5.97 Å². The Morgan fingerprint density at radius 1 is 1.29 bits per heavy atom. The van der Waals surface area contributed by atoms with Crippen LogP contribution in [0, 0.1) is 5.92 Å². The van der Waals surface area contributed by atoms with E-state index in [2.05, 4.69) is 12.2 Å². The molecule has 5 nitrogen and oxygen atoms in total. The largest absolute Gasteiger partial charge is 0.480 e. The molecule has 0 radical (unpaired) electrons. The number of carbonyl (C=O) groups is 1. The first-order valence-electron chi connectivity index (χ1n) is 8.25. The summed E-state index contributed by atoms with van der Waals surface area (Å²) >= 11 is 0. The van der Waals surface area contributed by atoms with Gasteiger partial charge in [0.1, 0.15) is 5.54 Å². The smallest absolute Gasteiger partial charge is 0.326 e. The van der Waals surface area contributed by atoms with Gasteiger partial charge in [-0.15, -0.1) is 0 Å². The van der Waals surface area contributed by atoms with Crippen LogP contribution in [0.5, 0.6) is 0 Å². The third-order valence-corrected chi connectivity index (χ3v) is 4.80. The summed E-state index contributed by atoms with van der Waals surface area (Å²) in [4.78, 5) is 11.8. The lowest BCUT2D eigenvalue weighted by molar-refractivity contribution is -0.151. The van der Waals surface area contributed by atoms with Gasteiger partial charge in [0, 0.05) is 7.11 Å². The minimum Gasteiger partial charge on any atom is -0.480 e. The van der Waals surface area contributed by atoms with Gasteiger partial charge in [0.15, 0.2) is 0 Å². The van der Waals surface area contributed by atoms with E-state index in [1.807, 2.05) is 0 Å². The Kier molecular flexibility index (Phi) is 6.02. The van der Waals surface area contributed by atoms with Gasteiger partial charge in [0.2, 0.25) is 0 Å². The van der Waals surface area contributed by atoms with Crippen molar-refractivity contribution in [2.75, 3.05) is 20.3 Å². The number of nitrogens with one attached hydrogen (secondary N) is 1. The van der Waals surface area contributed by atoms with Gasteiger partial charge in [0.25, 0.3) is 0 Å². The molecule has 5 heteroatoms. The van der Waals surface area contributed by atoms with Gasteiger partial charge in [-0.25, -0.2) is 0 Å². The molecule has 2 N–H and O–H groups in total. The summed E-state index contributed by atoms with van der Waals surface area (Å²) in [6.45, 7) is 3.04. The third-order valence-electron chi connectivity index (χ3n) is 4.80. The Balaban J connectivity index is 1.93. The van der Waals surface area contributed by atoms with E-state index >= 15 is 0 Å². The predicted molar refractivity (Wildman–Crippen MR) is 80.4 cm³/mol. The highest BCUT2D eigenvalue weighted by molar-refractivity contribution is 5.80. The van der Waals surface area contributed by atoms with Crippen molar-refractivity contribution in [2.45, 2.75) is 69.6 Å². The van der Waals surface area contributed by atoms with Crippen molar-refractivity contribution in [2.24, 2.45) is 5.92 Å². The zero-order valence-corrected chi connectivity index (χ0v) is 13.3. The highest BCUT2D eigenvalue weighted by Gasteiger charge is 2.51. The lowest BCUT2D eigenvalue weighted by Gasteiger charge is -2.34. The van der Waals surface area contributed by atoms with Crippen LogP contribution in [0.2, 0.25) is 0 Å². The molecule has 2 fully saturated rings. The van der Waals surface area contributed by atoms with Gasteiger partial charge in [0.05, 0.1) is 18.8 Å². The van der Waals surface area contributed by atoms with E-state index in [0.29, 0.717) is 0 Å². The lowest BCUT2D eigenvalue weighted by atomic mass is 9.92. The molecule has 2 saturated carbocycles. The molecule has 21 heavy (non-hydrogen) atoms. The molecule has 0 aromatic carbocycles. The van der Waals surface area contributed by atoms with Gasteiger partial charge in [-0.3, -0.25) is 10.1 Å². The number of rotatable bonds is 9. The Morgan fingerprint density at radius 3 is 2.57 bits per heavy atom. The fourth-order valence-corrected chi connectivity index (χ4v) is 3.27. The highest BCUT2D eigenvalue weighted by Crippen LogP contribution is 2.40. The van der Waals surface area contributed by atoms with Gasteiger partial charge in [-0.05, 0) is 57.4 Å². The number of carboxylic acid groups (broad SMARTS) is 1. The number of ether oxygens (including phenoxy) is 2. The molecule has 0 aromatic rings. The van der Waals surface area contributed by atoms with E-state index in [0.717, 1.165) is 51.5 Å². The third kappa shape index (κ3) is 4.18. The average molecular weight is 299 g/mol. The monoisotopic (exact) mass is 299 g/mol. The van der Waals surface area contributed by atoms with Gasteiger partial charge in [-0.2, -0.15) is 0 Å². The molecule has 0 saturated heterocycles. The summed E-state index contributed by atoms with van der Waals surface area (Å²) in [6, 6.07) is 0. The number of methoxy groups -OCH3 is 1. The Hall–Kier alpha value is -0.650. The van der Waals surface area contributed by atoms with Crippen LogP contribution >= 0.6 is 0 Å². The Labute approximate surface area is 127 Å². The van der Waals surface area contributed by atoms with Gasteiger partial charge < -0.3 is 14.6 Å². The van der Waals surface area contributed by atoms with Crippen molar-refractivity contribution in [3.63, 3.8) is 0 Å². The molecule has 2 aliphatic carbocycles. The van der Waals surface area contributed by atoms with Crippen LogP contribution in [0.3, 0.4) is 0 Å². The number of aliphatic carboxylic acids is 1. The topological polar surface area (TPSA) is 67.8 Å². The van der Waals surface area contributed by atoms with E-state index < -0.39 is 11.5 Å². The molecule has 2 rings (SSSR count). The zero-order chi connectivity index (χ0) is 15.3. The zero-order valence-electron chi connectivity index (χ0n) is 13.3. The fourth-order valence-electron chi connectivity index (χ4n) is 3.27. The van der Waals surface area contributed by atoms with Crippen LogP contribution in [-0.4, -0.2) is 49.1 Å². The molecule has 0 aromatic heterocycles. The first-order chi connectivity index (χ1) is 10.1. The molecule has 0 heterocycles.